The molecule has 1 N–H and O–H groups in total. The van der Waals surface area contributed by atoms with E-state index in [1.165, 1.54) is 23.5 Å². The number of amides is 1. The highest BCUT2D eigenvalue weighted by atomic mass is 35.5. The van der Waals surface area contributed by atoms with Crippen LogP contribution in [0.25, 0.3) is 33.3 Å². The quantitative estimate of drug-likeness (QED) is 0.227. The van der Waals surface area contributed by atoms with Gasteiger partial charge in [-0.1, -0.05) is 60.1 Å². The largest absolute Gasteiger partial charge is 0.462 e. The molecule has 5 nitrogen and oxygen atoms in total. The van der Waals surface area contributed by atoms with Gasteiger partial charge >= 0.3 is 5.97 Å². The molecule has 2 heterocycles. The van der Waals surface area contributed by atoms with Gasteiger partial charge in [0.15, 0.2) is 0 Å². The summed E-state index contributed by atoms with van der Waals surface area (Å²) in [7, 11) is 0. The van der Waals surface area contributed by atoms with Crippen molar-refractivity contribution in [3.05, 3.63) is 106 Å². The molecule has 1 amide bonds. The van der Waals surface area contributed by atoms with Gasteiger partial charge in [-0.25, -0.2) is 14.2 Å². The summed E-state index contributed by atoms with van der Waals surface area (Å²) in [6, 6.07) is 22.1. The van der Waals surface area contributed by atoms with Crippen LogP contribution in [0.1, 0.15) is 27.6 Å². The van der Waals surface area contributed by atoms with Crippen LogP contribution in [0, 0.1) is 5.82 Å². The SMILES string of the molecule is CCOC(=O)c1c(-c2ccc(F)cc2)csc1NC(=O)c1cc(-c2ccccc2Cl)nc2ccccc12. The Kier molecular flexibility index (Phi) is 6.99. The number of nitrogens with one attached hydrogen (secondary N) is 1. The highest BCUT2D eigenvalue weighted by Crippen LogP contribution is 2.37. The number of esters is 1. The van der Waals surface area contributed by atoms with Gasteiger partial charge in [-0.05, 0) is 42.8 Å². The summed E-state index contributed by atoms with van der Waals surface area (Å²) in [5.74, 6) is -1.37. The van der Waals surface area contributed by atoms with Crippen molar-refractivity contribution in [2.45, 2.75) is 6.92 Å². The number of halogens is 2. The fourth-order valence-electron chi connectivity index (χ4n) is 4.04. The molecule has 0 spiro atoms. The molecule has 0 aliphatic carbocycles. The molecule has 0 saturated heterocycles. The first-order chi connectivity index (χ1) is 18.0. The fraction of sp³-hybridized carbons (Fsp3) is 0.0690. The van der Waals surface area contributed by atoms with Crippen LogP contribution in [-0.4, -0.2) is 23.5 Å². The summed E-state index contributed by atoms with van der Waals surface area (Å²) in [6.45, 7) is 1.88. The summed E-state index contributed by atoms with van der Waals surface area (Å²) in [5.41, 5.74) is 3.67. The highest BCUT2D eigenvalue weighted by Gasteiger charge is 2.24. The number of rotatable bonds is 6. The maximum absolute atomic E-state index is 13.7. The van der Waals surface area contributed by atoms with Crippen LogP contribution < -0.4 is 5.32 Å². The molecule has 2 aromatic heterocycles. The molecular formula is C29H20ClFN2O3S. The Morgan fingerprint density at radius 1 is 1.00 bits per heavy atom. The molecule has 184 valence electrons. The normalized spacial score (nSPS) is 10.9. The molecule has 0 fully saturated rings. The topological polar surface area (TPSA) is 68.3 Å². The predicted octanol–water partition coefficient (Wildman–Crippen LogP) is 7.85. The number of carbonyl (C=O) groups is 2. The summed E-state index contributed by atoms with van der Waals surface area (Å²) in [4.78, 5) is 31.3. The van der Waals surface area contributed by atoms with E-state index in [0.717, 1.165) is 0 Å². The van der Waals surface area contributed by atoms with E-state index in [2.05, 4.69) is 5.32 Å². The number of benzene rings is 3. The lowest BCUT2D eigenvalue weighted by Gasteiger charge is -2.12. The zero-order chi connectivity index (χ0) is 25.9. The van der Waals surface area contributed by atoms with Crippen LogP contribution in [0.2, 0.25) is 5.02 Å². The number of anilines is 1. The van der Waals surface area contributed by atoms with E-state index in [1.807, 2.05) is 42.5 Å². The van der Waals surface area contributed by atoms with Gasteiger partial charge in [0.25, 0.3) is 5.91 Å². The average Bonchev–Trinajstić information content (AvgIpc) is 3.32. The molecule has 0 radical (unpaired) electrons. The number of aromatic nitrogens is 1. The minimum Gasteiger partial charge on any atom is -0.462 e. The maximum Gasteiger partial charge on any atom is 0.341 e. The Morgan fingerprint density at radius 2 is 1.73 bits per heavy atom. The monoisotopic (exact) mass is 530 g/mol. The molecule has 8 heteroatoms. The predicted molar refractivity (Wildman–Crippen MR) is 146 cm³/mol. The number of pyridine rings is 1. The lowest BCUT2D eigenvalue weighted by atomic mass is 10.0. The molecule has 0 aliphatic rings. The van der Waals surface area contributed by atoms with Crippen molar-refractivity contribution in [1.82, 2.24) is 4.98 Å². The number of ether oxygens (including phenoxy) is 1. The third-order valence-corrected chi connectivity index (χ3v) is 6.99. The van der Waals surface area contributed by atoms with Crippen molar-refractivity contribution in [2.75, 3.05) is 11.9 Å². The number of para-hydroxylation sites is 1. The average molecular weight is 531 g/mol. The summed E-state index contributed by atoms with van der Waals surface area (Å²) < 4.78 is 18.8. The zero-order valence-corrected chi connectivity index (χ0v) is 21.2. The van der Waals surface area contributed by atoms with Gasteiger partial charge in [0.05, 0.1) is 23.4 Å². The molecule has 0 unspecified atom stereocenters. The van der Waals surface area contributed by atoms with Crippen LogP contribution in [0.3, 0.4) is 0 Å². The first kappa shape index (κ1) is 24.6. The van der Waals surface area contributed by atoms with E-state index >= 15 is 0 Å². The Bertz CT molecular complexity index is 1630. The molecule has 3 aromatic carbocycles. The fourth-order valence-corrected chi connectivity index (χ4v) is 5.22. The Balaban J connectivity index is 1.59. The van der Waals surface area contributed by atoms with Crippen molar-refractivity contribution < 1.29 is 18.7 Å². The molecule has 5 rings (SSSR count). The van der Waals surface area contributed by atoms with E-state index in [-0.39, 0.29) is 18.0 Å². The van der Waals surface area contributed by atoms with Crippen LogP contribution in [0.4, 0.5) is 9.39 Å². The number of hydrogen-bond donors (Lipinski definition) is 1. The molecule has 0 bridgehead atoms. The van der Waals surface area contributed by atoms with Gasteiger partial charge in [0.1, 0.15) is 16.4 Å². The van der Waals surface area contributed by atoms with E-state index in [9.17, 15) is 14.0 Å². The van der Waals surface area contributed by atoms with Crippen LogP contribution in [0.15, 0.2) is 84.2 Å². The van der Waals surface area contributed by atoms with Crippen molar-refractivity contribution >= 4 is 50.7 Å². The molecule has 0 atom stereocenters. The zero-order valence-electron chi connectivity index (χ0n) is 19.6. The smallest absolute Gasteiger partial charge is 0.341 e. The molecule has 0 saturated carbocycles. The van der Waals surface area contributed by atoms with Gasteiger partial charge in [-0.15, -0.1) is 11.3 Å². The van der Waals surface area contributed by atoms with Crippen molar-refractivity contribution in [2.24, 2.45) is 0 Å². The van der Waals surface area contributed by atoms with E-state index in [0.29, 0.717) is 48.9 Å². The molecule has 5 aromatic rings. The molecule has 37 heavy (non-hydrogen) atoms. The van der Waals surface area contributed by atoms with Gasteiger partial charge < -0.3 is 10.1 Å². The first-order valence-corrected chi connectivity index (χ1v) is 12.7. The second-order valence-electron chi connectivity index (χ2n) is 8.09. The van der Waals surface area contributed by atoms with Crippen LogP contribution in [-0.2, 0) is 4.74 Å². The van der Waals surface area contributed by atoms with E-state index in [1.54, 1.807) is 36.6 Å². The highest BCUT2D eigenvalue weighted by molar-refractivity contribution is 7.15. The van der Waals surface area contributed by atoms with Crippen LogP contribution in [0.5, 0.6) is 0 Å². The van der Waals surface area contributed by atoms with Gasteiger partial charge in [-0.3, -0.25) is 4.79 Å². The van der Waals surface area contributed by atoms with Gasteiger partial charge in [0, 0.05) is 26.9 Å². The third kappa shape index (κ3) is 4.96. The van der Waals surface area contributed by atoms with Crippen LogP contribution >= 0.6 is 22.9 Å². The Hall–Kier alpha value is -4.07. The van der Waals surface area contributed by atoms with Crippen molar-refractivity contribution in [3.8, 4) is 22.4 Å². The lowest BCUT2D eigenvalue weighted by molar-refractivity contribution is 0.0529. The number of thiophene rings is 1. The lowest BCUT2D eigenvalue weighted by Crippen LogP contribution is -2.15. The van der Waals surface area contributed by atoms with Gasteiger partial charge in [-0.2, -0.15) is 0 Å². The second kappa shape index (κ2) is 10.5. The summed E-state index contributed by atoms with van der Waals surface area (Å²) >= 11 is 7.61. The first-order valence-electron chi connectivity index (χ1n) is 11.5. The minimum atomic E-state index is -0.574. The standard InChI is InChI=1S/C29H20ClFN2O3S/c1-2-36-29(35)26-22(17-11-13-18(31)14-12-17)16-37-28(26)33-27(34)21-15-25(20-8-3-5-9-23(20)30)32-24-10-6-4-7-19(21)24/h3-16H,2H2,1H3,(H,33,34). The van der Waals surface area contributed by atoms with Gasteiger partial charge in [0.2, 0.25) is 0 Å². The summed E-state index contributed by atoms with van der Waals surface area (Å²) in [6.07, 6.45) is 0. The number of fused-ring (bicyclic) bond motifs is 1. The molecular weight excluding hydrogens is 511 g/mol. The Morgan fingerprint density at radius 3 is 2.49 bits per heavy atom. The van der Waals surface area contributed by atoms with E-state index in [4.69, 9.17) is 21.3 Å². The van der Waals surface area contributed by atoms with Crippen molar-refractivity contribution in [1.29, 1.82) is 0 Å². The third-order valence-electron chi connectivity index (χ3n) is 5.76. The van der Waals surface area contributed by atoms with E-state index < -0.39 is 11.9 Å². The minimum absolute atomic E-state index is 0.168. The Labute approximate surface area is 221 Å². The van der Waals surface area contributed by atoms with Crippen molar-refractivity contribution in [3.63, 3.8) is 0 Å². The molecule has 0 aliphatic heterocycles. The summed E-state index contributed by atoms with van der Waals surface area (Å²) in [5, 5.41) is 6.15. The number of nitrogens with zero attached hydrogens (tertiary/aromatic N) is 1. The maximum atomic E-state index is 13.7. The second-order valence-corrected chi connectivity index (χ2v) is 9.37. The number of carbonyl (C=O) groups excluding carboxylic acids is 2. The number of hydrogen-bond acceptors (Lipinski definition) is 5.